The van der Waals surface area contributed by atoms with Gasteiger partial charge < -0.3 is 15.2 Å². The van der Waals surface area contributed by atoms with Crippen molar-refractivity contribution in [2.75, 3.05) is 11.9 Å². The number of anilines is 1. The van der Waals surface area contributed by atoms with E-state index in [2.05, 4.69) is 5.32 Å². The van der Waals surface area contributed by atoms with Crippen LogP contribution in [0.4, 0.5) is 15.8 Å². The number of rotatable bonds is 6. The first-order chi connectivity index (χ1) is 11.4. The smallest absolute Gasteiger partial charge is 0.335 e. The second kappa shape index (κ2) is 7.18. The van der Waals surface area contributed by atoms with Crippen molar-refractivity contribution in [3.05, 3.63) is 64.0 Å². The quantitative estimate of drug-likeness (QED) is 0.618. The molecule has 0 fully saturated rings. The second-order valence-corrected chi connectivity index (χ2v) is 4.59. The van der Waals surface area contributed by atoms with Gasteiger partial charge in [-0.25, -0.2) is 9.18 Å². The SMILES string of the molecule is O=C(COc1ccc(C(=O)O)cc1[N+](=O)[O-])Nc1ccc(F)cc1. The van der Waals surface area contributed by atoms with Gasteiger partial charge in [-0.05, 0) is 36.4 Å². The molecule has 0 bridgehead atoms. The van der Waals surface area contributed by atoms with E-state index in [4.69, 9.17) is 9.84 Å². The third-order valence-electron chi connectivity index (χ3n) is 2.89. The highest BCUT2D eigenvalue weighted by molar-refractivity contribution is 5.92. The zero-order chi connectivity index (χ0) is 17.7. The number of carbonyl (C=O) groups is 2. The second-order valence-electron chi connectivity index (χ2n) is 4.59. The monoisotopic (exact) mass is 334 g/mol. The molecule has 0 spiro atoms. The van der Waals surface area contributed by atoms with E-state index in [9.17, 15) is 24.1 Å². The van der Waals surface area contributed by atoms with Crippen LogP contribution in [0.3, 0.4) is 0 Å². The number of hydrogen-bond acceptors (Lipinski definition) is 5. The molecule has 2 aromatic carbocycles. The predicted molar refractivity (Wildman–Crippen MR) is 80.6 cm³/mol. The molecule has 0 aliphatic rings. The number of nitro groups is 1. The van der Waals surface area contributed by atoms with Gasteiger partial charge in [-0.15, -0.1) is 0 Å². The third-order valence-corrected chi connectivity index (χ3v) is 2.89. The summed E-state index contributed by atoms with van der Waals surface area (Å²) in [7, 11) is 0. The maximum Gasteiger partial charge on any atom is 0.335 e. The number of hydrogen-bond donors (Lipinski definition) is 2. The summed E-state index contributed by atoms with van der Waals surface area (Å²) in [6.07, 6.45) is 0. The van der Waals surface area contributed by atoms with Crippen molar-refractivity contribution in [2.24, 2.45) is 0 Å². The van der Waals surface area contributed by atoms with Crippen molar-refractivity contribution in [1.29, 1.82) is 0 Å². The van der Waals surface area contributed by atoms with Gasteiger partial charge in [0.25, 0.3) is 5.91 Å². The molecule has 0 aliphatic carbocycles. The summed E-state index contributed by atoms with van der Waals surface area (Å²) >= 11 is 0. The highest BCUT2D eigenvalue weighted by Gasteiger charge is 2.19. The minimum Gasteiger partial charge on any atom is -0.478 e. The lowest BCUT2D eigenvalue weighted by Gasteiger charge is -2.08. The van der Waals surface area contributed by atoms with Crippen LogP contribution in [-0.4, -0.2) is 28.5 Å². The van der Waals surface area contributed by atoms with Crippen molar-refractivity contribution < 1.29 is 28.7 Å². The Labute approximate surface area is 134 Å². The molecule has 24 heavy (non-hydrogen) atoms. The Morgan fingerprint density at radius 1 is 1.21 bits per heavy atom. The van der Waals surface area contributed by atoms with Crippen LogP contribution < -0.4 is 10.1 Å². The molecule has 0 heterocycles. The van der Waals surface area contributed by atoms with E-state index in [1.54, 1.807) is 0 Å². The molecule has 0 aromatic heterocycles. The lowest BCUT2D eigenvalue weighted by Crippen LogP contribution is -2.20. The molecule has 0 aliphatic heterocycles. The van der Waals surface area contributed by atoms with Crippen LogP contribution in [0.15, 0.2) is 42.5 Å². The van der Waals surface area contributed by atoms with Crippen LogP contribution in [0.2, 0.25) is 0 Å². The van der Waals surface area contributed by atoms with Gasteiger partial charge in [0.05, 0.1) is 10.5 Å². The summed E-state index contributed by atoms with van der Waals surface area (Å²) in [5.74, 6) is -2.63. The van der Waals surface area contributed by atoms with Crippen molar-refractivity contribution in [2.45, 2.75) is 0 Å². The lowest BCUT2D eigenvalue weighted by atomic mass is 10.2. The Morgan fingerprint density at radius 3 is 2.46 bits per heavy atom. The van der Waals surface area contributed by atoms with Gasteiger partial charge in [-0.1, -0.05) is 0 Å². The highest BCUT2D eigenvalue weighted by atomic mass is 19.1. The normalized spacial score (nSPS) is 10.0. The van der Waals surface area contributed by atoms with Gasteiger partial charge in [-0.2, -0.15) is 0 Å². The van der Waals surface area contributed by atoms with Crippen molar-refractivity contribution in [3.8, 4) is 5.75 Å². The van der Waals surface area contributed by atoms with Crippen molar-refractivity contribution >= 4 is 23.3 Å². The summed E-state index contributed by atoms with van der Waals surface area (Å²) < 4.78 is 17.8. The zero-order valence-corrected chi connectivity index (χ0v) is 12.1. The van der Waals surface area contributed by atoms with Crippen molar-refractivity contribution in [3.63, 3.8) is 0 Å². The zero-order valence-electron chi connectivity index (χ0n) is 12.1. The number of benzene rings is 2. The molecule has 0 saturated heterocycles. The number of amides is 1. The number of aromatic carboxylic acids is 1. The number of carboxylic acids is 1. The first-order valence-electron chi connectivity index (χ1n) is 6.57. The van der Waals surface area contributed by atoms with Crippen LogP contribution in [0.25, 0.3) is 0 Å². The fraction of sp³-hybridized carbons (Fsp3) is 0.0667. The van der Waals surface area contributed by atoms with Gasteiger partial charge in [0, 0.05) is 11.8 Å². The molecule has 1 amide bonds. The first-order valence-corrected chi connectivity index (χ1v) is 6.57. The lowest BCUT2D eigenvalue weighted by molar-refractivity contribution is -0.385. The number of carbonyl (C=O) groups excluding carboxylic acids is 1. The molecule has 0 unspecified atom stereocenters. The van der Waals surface area contributed by atoms with Crippen LogP contribution in [-0.2, 0) is 4.79 Å². The summed E-state index contributed by atoms with van der Waals surface area (Å²) in [6, 6.07) is 8.08. The van der Waals surface area contributed by atoms with E-state index in [-0.39, 0.29) is 11.3 Å². The molecule has 0 saturated carbocycles. The van der Waals surface area contributed by atoms with Crippen LogP contribution in [0, 0.1) is 15.9 Å². The Bertz CT molecular complexity index is 791. The van der Waals surface area contributed by atoms with Crippen LogP contribution >= 0.6 is 0 Å². The van der Waals surface area contributed by atoms with E-state index < -0.39 is 34.9 Å². The van der Waals surface area contributed by atoms with E-state index in [0.717, 1.165) is 30.3 Å². The summed E-state index contributed by atoms with van der Waals surface area (Å²) in [5.41, 5.74) is -0.505. The number of carboxylic acid groups (broad SMARTS) is 1. The topological polar surface area (TPSA) is 119 Å². The van der Waals surface area contributed by atoms with Crippen molar-refractivity contribution in [1.82, 2.24) is 0 Å². The molecule has 9 heteroatoms. The average molecular weight is 334 g/mol. The molecule has 124 valence electrons. The van der Waals surface area contributed by atoms with Gasteiger partial charge in [-0.3, -0.25) is 14.9 Å². The van der Waals surface area contributed by atoms with Gasteiger partial charge in [0.2, 0.25) is 0 Å². The molecule has 2 rings (SSSR count). The molecular weight excluding hydrogens is 323 g/mol. The number of nitrogens with one attached hydrogen (secondary N) is 1. The maximum absolute atomic E-state index is 12.8. The largest absolute Gasteiger partial charge is 0.478 e. The molecule has 0 radical (unpaired) electrons. The molecule has 2 N–H and O–H groups in total. The number of halogens is 1. The van der Waals surface area contributed by atoms with Gasteiger partial charge >= 0.3 is 11.7 Å². The van der Waals surface area contributed by atoms with E-state index in [1.807, 2.05) is 0 Å². The molecular formula is C15H11FN2O6. The Kier molecular flexibility index (Phi) is 5.05. The molecule has 0 atom stereocenters. The summed E-state index contributed by atoms with van der Waals surface area (Å²) in [5, 5.41) is 22.2. The van der Waals surface area contributed by atoms with Crippen LogP contribution in [0.1, 0.15) is 10.4 Å². The van der Waals surface area contributed by atoms with Gasteiger partial charge in [0.15, 0.2) is 12.4 Å². The Hall–Kier alpha value is -3.49. The van der Waals surface area contributed by atoms with E-state index in [1.165, 1.54) is 12.1 Å². The summed E-state index contributed by atoms with van der Waals surface area (Å²) in [6.45, 7) is -0.537. The Morgan fingerprint density at radius 2 is 1.88 bits per heavy atom. The minimum absolute atomic E-state index is 0.237. The molecule has 2 aromatic rings. The van der Waals surface area contributed by atoms with E-state index >= 15 is 0 Å². The minimum atomic E-state index is -1.32. The highest BCUT2D eigenvalue weighted by Crippen LogP contribution is 2.28. The number of ether oxygens (including phenoxy) is 1. The molecule has 8 nitrogen and oxygen atoms in total. The fourth-order valence-corrected chi connectivity index (χ4v) is 1.79. The van der Waals surface area contributed by atoms with Gasteiger partial charge in [0.1, 0.15) is 5.82 Å². The Balaban J connectivity index is 2.05. The first kappa shape index (κ1) is 16.9. The summed E-state index contributed by atoms with van der Waals surface area (Å²) in [4.78, 5) is 32.7. The van der Waals surface area contributed by atoms with E-state index in [0.29, 0.717) is 5.69 Å². The predicted octanol–water partition coefficient (Wildman–Crippen LogP) is 2.45. The maximum atomic E-state index is 12.8. The number of nitro benzene ring substituents is 1. The van der Waals surface area contributed by atoms with Crippen LogP contribution in [0.5, 0.6) is 5.75 Å². The fourth-order valence-electron chi connectivity index (χ4n) is 1.79. The standard InChI is InChI=1S/C15H11FN2O6/c16-10-2-4-11(5-3-10)17-14(19)8-24-13-6-1-9(15(20)21)7-12(13)18(22)23/h1-7H,8H2,(H,17,19)(H,20,21). The third kappa shape index (κ3) is 4.26. The number of nitrogens with zero attached hydrogens (tertiary/aromatic N) is 1. The average Bonchev–Trinajstić information content (AvgIpc) is 2.54.